The Balaban J connectivity index is 1.84. The summed E-state index contributed by atoms with van der Waals surface area (Å²) >= 11 is 0. The van der Waals surface area contributed by atoms with E-state index in [4.69, 9.17) is 11.2 Å². The second kappa shape index (κ2) is 6.23. The third kappa shape index (κ3) is 3.59. The number of hydrogen-bond donors (Lipinski definition) is 0. The molecule has 2 heteroatoms. The summed E-state index contributed by atoms with van der Waals surface area (Å²) in [6.45, 7) is 6.75. The summed E-state index contributed by atoms with van der Waals surface area (Å²) in [6.07, 6.45) is 8.03. The number of likely N-dealkylation sites (tertiary alicyclic amines) is 1. The maximum absolute atomic E-state index is 5.86. The van der Waals surface area contributed by atoms with Gasteiger partial charge in [0.05, 0.1) is 18.8 Å². The van der Waals surface area contributed by atoms with Crippen LogP contribution in [0.1, 0.15) is 32.3 Å². The van der Waals surface area contributed by atoms with Crippen molar-refractivity contribution in [3.05, 3.63) is 35.9 Å². The van der Waals surface area contributed by atoms with Crippen LogP contribution in [0.4, 0.5) is 0 Å². The first-order valence-corrected chi connectivity index (χ1v) is 6.99. The Kier molecular flexibility index (Phi) is 4.63. The highest BCUT2D eigenvalue weighted by molar-refractivity contribution is 5.13. The molecule has 0 aliphatic carbocycles. The third-order valence-corrected chi connectivity index (χ3v) is 3.87. The minimum Gasteiger partial charge on any atom is -0.375 e. The molecule has 0 amide bonds. The van der Waals surface area contributed by atoms with Crippen LogP contribution in [0.3, 0.4) is 0 Å². The van der Waals surface area contributed by atoms with E-state index in [1.165, 1.54) is 18.4 Å². The fourth-order valence-corrected chi connectivity index (χ4v) is 2.71. The topological polar surface area (TPSA) is 12.5 Å². The van der Waals surface area contributed by atoms with Gasteiger partial charge in [-0.3, -0.25) is 4.90 Å². The molecular weight excluding hydrogens is 234 g/mol. The van der Waals surface area contributed by atoms with Gasteiger partial charge in [-0.2, -0.15) is 0 Å². The van der Waals surface area contributed by atoms with Gasteiger partial charge >= 0.3 is 0 Å². The van der Waals surface area contributed by atoms with Crippen LogP contribution in [-0.2, 0) is 11.3 Å². The summed E-state index contributed by atoms with van der Waals surface area (Å²) in [5.41, 5.74) is 1.06. The predicted octanol–water partition coefficient (Wildman–Crippen LogP) is 3.08. The average molecular weight is 257 g/mol. The Morgan fingerprint density at radius 1 is 1.37 bits per heavy atom. The van der Waals surface area contributed by atoms with Gasteiger partial charge in [0.1, 0.15) is 0 Å². The first kappa shape index (κ1) is 14.1. The molecule has 1 aromatic carbocycles. The zero-order valence-electron chi connectivity index (χ0n) is 11.9. The van der Waals surface area contributed by atoms with Crippen molar-refractivity contribution in [2.45, 2.75) is 44.9 Å². The normalized spacial score (nSPS) is 20.4. The molecule has 1 fully saturated rings. The zero-order valence-corrected chi connectivity index (χ0v) is 11.9. The van der Waals surface area contributed by atoms with Gasteiger partial charge in [-0.1, -0.05) is 36.3 Å². The fourth-order valence-electron chi connectivity index (χ4n) is 2.71. The Morgan fingerprint density at radius 2 is 2.11 bits per heavy atom. The van der Waals surface area contributed by atoms with Crippen molar-refractivity contribution in [1.29, 1.82) is 0 Å². The smallest absolute Gasteiger partial charge is 0.0769 e. The van der Waals surface area contributed by atoms with Gasteiger partial charge in [0.25, 0.3) is 0 Å². The Bertz CT molecular complexity index is 432. The zero-order chi connectivity index (χ0) is 13.7. The number of hydrogen-bond acceptors (Lipinski definition) is 2. The van der Waals surface area contributed by atoms with E-state index in [-0.39, 0.29) is 5.54 Å². The lowest BCUT2D eigenvalue weighted by atomic mass is 10.0. The minimum absolute atomic E-state index is 0.169. The van der Waals surface area contributed by atoms with E-state index >= 15 is 0 Å². The number of ether oxygens (including phenoxy) is 1. The molecule has 0 aromatic heterocycles. The van der Waals surface area contributed by atoms with Crippen LogP contribution in [0.2, 0.25) is 0 Å². The fraction of sp³-hybridized carbons (Fsp3) is 0.529. The van der Waals surface area contributed by atoms with Crippen LogP contribution in [0.15, 0.2) is 30.3 Å². The van der Waals surface area contributed by atoms with Crippen molar-refractivity contribution < 1.29 is 4.74 Å². The SMILES string of the molecule is C#CC(C)(C)N1CCCC1COCc1ccccc1. The van der Waals surface area contributed by atoms with Gasteiger partial charge in [-0.15, -0.1) is 6.42 Å². The average Bonchev–Trinajstić information content (AvgIpc) is 2.89. The highest BCUT2D eigenvalue weighted by Gasteiger charge is 2.34. The molecule has 0 spiro atoms. The highest BCUT2D eigenvalue weighted by atomic mass is 16.5. The second-order valence-electron chi connectivity index (χ2n) is 5.69. The quantitative estimate of drug-likeness (QED) is 0.752. The van der Waals surface area contributed by atoms with Gasteiger partial charge < -0.3 is 4.74 Å². The summed E-state index contributed by atoms with van der Waals surface area (Å²) < 4.78 is 5.86. The van der Waals surface area contributed by atoms with Gasteiger partial charge in [0.2, 0.25) is 0 Å². The van der Waals surface area contributed by atoms with Gasteiger partial charge in [0, 0.05) is 12.6 Å². The number of benzene rings is 1. The Labute approximate surface area is 116 Å². The van der Waals surface area contributed by atoms with E-state index in [0.29, 0.717) is 12.6 Å². The van der Waals surface area contributed by atoms with Gasteiger partial charge in [-0.25, -0.2) is 0 Å². The second-order valence-corrected chi connectivity index (χ2v) is 5.69. The molecule has 0 radical (unpaired) electrons. The molecule has 19 heavy (non-hydrogen) atoms. The number of rotatable bonds is 5. The highest BCUT2D eigenvalue weighted by Crippen LogP contribution is 2.26. The van der Waals surface area contributed by atoms with Crippen LogP contribution in [0.5, 0.6) is 0 Å². The van der Waals surface area contributed by atoms with E-state index in [0.717, 1.165) is 13.2 Å². The standard InChI is InChI=1S/C17H23NO/c1-4-17(2,3)18-12-8-11-16(18)14-19-13-15-9-6-5-7-10-15/h1,5-7,9-10,16H,8,11-14H2,2-3H3. The molecule has 1 heterocycles. The lowest BCUT2D eigenvalue weighted by Gasteiger charge is -2.35. The molecule has 1 aliphatic heterocycles. The Morgan fingerprint density at radius 3 is 2.79 bits per heavy atom. The Hall–Kier alpha value is -1.30. The molecule has 2 rings (SSSR count). The summed E-state index contributed by atoms with van der Waals surface area (Å²) in [5, 5.41) is 0. The van der Waals surface area contributed by atoms with E-state index in [9.17, 15) is 0 Å². The maximum atomic E-state index is 5.86. The summed E-state index contributed by atoms with van der Waals surface area (Å²) in [7, 11) is 0. The van der Waals surface area contributed by atoms with E-state index in [1.807, 2.05) is 18.2 Å². The van der Waals surface area contributed by atoms with Crippen LogP contribution >= 0.6 is 0 Å². The van der Waals surface area contributed by atoms with E-state index in [1.54, 1.807) is 0 Å². The molecule has 1 unspecified atom stereocenters. The summed E-state index contributed by atoms with van der Waals surface area (Å²) in [4.78, 5) is 2.40. The van der Waals surface area contributed by atoms with Crippen molar-refractivity contribution in [2.75, 3.05) is 13.2 Å². The number of nitrogens with zero attached hydrogens (tertiary/aromatic N) is 1. The lowest BCUT2D eigenvalue weighted by Crippen LogP contribution is -2.47. The van der Waals surface area contributed by atoms with E-state index in [2.05, 4.69) is 36.8 Å². The van der Waals surface area contributed by atoms with Crippen molar-refractivity contribution in [3.63, 3.8) is 0 Å². The maximum Gasteiger partial charge on any atom is 0.0769 e. The molecule has 1 aliphatic rings. The molecule has 1 atom stereocenters. The van der Waals surface area contributed by atoms with Crippen molar-refractivity contribution in [1.82, 2.24) is 4.90 Å². The van der Waals surface area contributed by atoms with Gasteiger partial charge in [0.15, 0.2) is 0 Å². The van der Waals surface area contributed by atoms with Crippen molar-refractivity contribution >= 4 is 0 Å². The molecule has 1 saturated heterocycles. The van der Waals surface area contributed by atoms with Crippen LogP contribution < -0.4 is 0 Å². The molecule has 0 saturated carbocycles. The molecule has 102 valence electrons. The lowest BCUT2D eigenvalue weighted by molar-refractivity contribution is 0.0427. The van der Waals surface area contributed by atoms with Crippen LogP contribution in [0.25, 0.3) is 0 Å². The first-order valence-electron chi connectivity index (χ1n) is 6.99. The molecule has 0 bridgehead atoms. The van der Waals surface area contributed by atoms with E-state index < -0.39 is 0 Å². The molecule has 2 nitrogen and oxygen atoms in total. The summed E-state index contributed by atoms with van der Waals surface area (Å²) in [6, 6.07) is 10.8. The van der Waals surface area contributed by atoms with Crippen LogP contribution in [0, 0.1) is 12.3 Å². The number of terminal acetylenes is 1. The molecule has 1 aromatic rings. The van der Waals surface area contributed by atoms with Gasteiger partial charge in [-0.05, 0) is 32.3 Å². The molecular formula is C17H23NO. The van der Waals surface area contributed by atoms with Crippen molar-refractivity contribution in [2.24, 2.45) is 0 Å². The van der Waals surface area contributed by atoms with Crippen molar-refractivity contribution in [3.8, 4) is 12.3 Å². The minimum atomic E-state index is -0.169. The largest absolute Gasteiger partial charge is 0.375 e. The first-order chi connectivity index (χ1) is 9.13. The molecule has 0 N–H and O–H groups in total. The predicted molar refractivity (Wildman–Crippen MR) is 78.7 cm³/mol. The summed E-state index contributed by atoms with van der Waals surface area (Å²) in [5.74, 6) is 2.89. The van der Waals surface area contributed by atoms with Crippen LogP contribution in [-0.4, -0.2) is 29.6 Å². The monoisotopic (exact) mass is 257 g/mol. The third-order valence-electron chi connectivity index (χ3n) is 3.87.